The van der Waals surface area contributed by atoms with E-state index in [-0.39, 0.29) is 16.1 Å². The Kier molecular flexibility index (Phi) is 4.59. The topological polar surface area (TPSA) is 59.1 Å². The molecule has 18 heavy (non-hydrogen) atoms. The lowest BCUT2D eigenvalue weighted by Gasteiger charge is -2.16. The fraction of sp³-hybridized carbons (Fsp3) is 0.583. The van der Waals surface area contributed by atoms with Crippen LogP contribution in [0.15, 0.2) is 23.2 Å². The average molecular weight is 289 g/mol. The fourth-order valence-electron chi connectivity index (χ4n) is 2.24. The minimum Gasteiger partial charge on any atom is -0.244 e. The minimum atomic E-state index is -3.47. The molecule has 1 N–H and O–H groups in total. The van der Waals surface area contributed by atoms with E-state index < -0.39 is 10.0 Å². The van der Waals surface area contributed by atoms with E-state index in [0.717, 1.165) is 25.7 Å². The lowest BCUT2D eigenvalue weighted by molar-refractivity contribution is 0.510. The highest BCUT2D eigenvalue weighted by Crippen LogP contribution is 2.20. The van der Waals surface area contributed by atoms with Gasteiger partial charge in [-0.25, -0.2) is 18.1 Å². The zero-order valence-corrected chi connectivity index (χ0v) is 11.7. The van der Waals surface area contributed by atoms with Crippen LogP contribution in [0, 0.1) is 0 Å². The maximum Gasteiger partial charge on any atom is 0.240 e. The summed E-state index contributed by atoms with van der Waals surface area (Å²) >= 11 is 5.72. The predicted octanol–water partition coefficient (Wildman–Crippen LogP) is 2.74. The Hall–Kier alpha value is -0.650. The third-order valence-corrected chi connectivity index (χ3v) is 4.91. The van der Waals surface area contributed by atoms with Gasteiger partial charge in [0.2, 0.25) is 10.0 Å². The highest BCUT2D eigenvalue weighted by atomic mass is 35.5. The van der Waals surface area contributed by atoms with Crippen molar-refractivity contribution < 1.29 is 8.42 Å². The minimum absolute atomic E-state index is 0.0458. The van der Waals surface area contributed by atoms with Gasteiger partial charge in [-0.1, -0.05) is 37.3 Å². The van der Waals surface area contributed by atoms with Crippen molar-refractivity contribution >= 4 is 21.6 Å². The highest BCUT2D eigenvalue weighted by molar-refractivity contribution is 7.89. The fourth-order valence-corrected chi connectivity index (χ4v) is 3.79. The molecule has 0 aliphatic heterocycles. The van der Waals surface area contributed by atoms with Gasteiger partial charge in [0.15, 0.2) is 0 Å². The molecular weight excluding hydrogens is 272 g/mol. The van der Waals surface area contributed by atoms with Crippen molar-refractivity contribution in [1.29, 1.82) is 0 Å². The SMILES string of the molecule is O=S(=O)(NC1CCCCCC1)c1ccnc(Cl)c1. The van der Waals surface area contributed by atoms with Crippen LogP contribution in [0.3, 0.4) is 0 Å². The molecule has 100 valence electrons. The van der Waals surface area contributed by atoms with E-state index in [1.165, 1.54) is 31.2 Å². The van der Waals surface area contributed by atoms with Crippen molar-refractivity contribution in [2.45, 2.75) is 49.5 Å². The van der Waals surface area contributed by atoms with Crippen LogP contribution in [0.1, 0.15) is 38.5 Å². The summed E-state index contributed by atoms with van der Waals surface area (Å²) < 4.78 is 27.1. The number of nitrogens with zero attached hydrogens (tertiary/aromatic N) is 1. The normalized spacial score (nSPS) is 18.5. The molecule has 1 aliphatic carbocycles. The molecular formula is C12H17ClN2O2S. The van der Waals surface area contributed by atoms with Gasteiger partial charge in [0.05, 0.1) is 4.90 Å². The Bertz CT molecular complexity index is 497. The summed E-state index contributed by atoms with van der Waals surface area (Å²) in [6.07, 6.45) is 7.80. The summed E-state index contributed by atoms with van der Waals surface area (Å²) in [6, 6.07) is 2.88. The first-order chi connectivity index (χ1) is 8.58. The molecule has 0 spiro atoms. The average Bonchev–Trinajstić information content (AvgIpc) is 2.57. The molecule has 6 heteroatoms. The Morgan fingerprint density at radius 2 is 1.89 bits per heavy atom. The third-order valence-electron chi connectivity index (χ3n) is 3.19. The number of nitrogens with one attached hydrogen (secondary N) is 1. The molecule has 0 unspecified atom stereocenters. The van der Waals surface area contributed by atoms with E-state index in [1.807, 2.05) is 0 Å². The Labute approximate surface area is 113 Å². The maximum absolute atomic E-state index is 12.2. The maximum atomic E-state index is 12.2. The molecule has 1 aromatic rings. The molecule has 0 atom stereocenters. The first kappa shape index (κ1) is 13.8. The summed E-state index contributed by atoms with van der Waals surface area (Å²) in [7, 11) is -3.47. The molecule has 0 amide bonds. The smallest absolute Gasteiger partial charge is 0.240 e. The Morgan fingerprint density at radius 1 is 1.22 bits per heavy atom. The van der Waals surface area contributed by atoms with E-state index in [1.54, 1.807) is 0 Å². The molecule has 2 rings (SSSR count). The lowest BCUT2D eigenvalue weighted by Crippen LogP contribution is -2.34. The van der Waals surface area contributed by atoms with Crippen molar-refractivity contribution in [2.24, 2.45) is 0 Å². The summed E-state index contributed by atoms with van der Waals surface area (Å²) in [5, 5.41) is 0.193. The second kappa shape index (κ2) is 5.99. The second-order valence-electron chi connectivity index (χ2n) is 4.62. The van der Waals surface area contributed by atoms with Crippen LogP contribution >= 0.6 is 11.6 Å². The molecule has 0 radical (unpaired) electrons. The van der Waals surface area contributed by atoms with Crippen LogP contribution in [-0.4, -0.2) is 19.4 Å². The van der Waals surface area contributed by atoms with Gasteiger partial charge in [-0.3, -0.25) is 0 Å². The van der Waals surface area contributed by atoms with Gasteiger partial charge in [-0.05, 0) is 25.0 Å². The number of aromatic nitrogens is 1. The monoisotopic (exact) mass is 288 g/mol. The quantitative estimate of drug-likeness (QED) is 0.687. The highest BCUT2D eigenvalue weighted by Gasteiger charge is 2.21. The van der Waals surface area contributed by atoms with Crippen molar-refractivity contribution in [2.75, 3.05) is 0 Å². The largest absolute Gasteiger partial charge is 0.244 e. The van der Waals surface area contributed by atoms with Gasteiger partial charge in [-0.15, -0.1) is 0 Å². The predicted molar refractivity (Wildman–Crippen MR) is 71.1 cm³/mol. The number of halogens is 1. The summed E-state index contributed by atoms with van der Waals surface area (Å²) in [5.41, 5.74) is 0. The van der Waals surface area contributed by atoms with E-state index >= 15 is 0 Å². The molecule has 0 saturated heterocycles. The van der Waals surface area contributed by atoms with Gasteiger partial charge < -0.3 is 0 Å². The number of hydrogen-bond donors (Lipinski definition) is 1. The van der Waals surface area contributed by atoms with Crippen LogP contribution in [0.5, 0.6) is 0 Å². The number of hydrogen-bond acceptors (Lipinski definition) is 3. The molecule has 1 heterocycles. The van der Waals surface area contributed by atoms with Gasteiger partial charge in [0, 0.05) is 12.2 Å². The summed E-state index contributed by atoms with van der Waals surface area (Å²) in [5.74, 6) is 0. The molecule has 1 aromatic heterocycles. The van der Waals surface area contributed by atoms with Crippen LogP contribution in [-0.2, 0) is 10.0 Å². The molecule has 0 aromatic carbocycles. The second-order valence-corrected chi connectivity index (χ2v) is 6.73. The first-order valence-corrected chi connectivity index (χ1v) is 8.08. The number of sulfonamides is 1. The number of rotatable bonds is 3. The molecule has 1 fully saturated rings. The van der Waals surface area contributed by atoms with Crippen LogP contribution in [0.4, 0.5) is 0 Å². The van der Waals surface area contributed by atoms with Crippen molar-refractivity contribution in [1.82, 2.24) is 9.71 Å². The first-order valence-electron chi connectivity index (χ1n) is 6.22. The molecule has 4 nitrogen and oxygen atoms in total. The third kappa shape index (κ3) is 3.67. The van der Waals surface area contributed by atoms with E-state index in [2.05, 4.69) is 9.71 Å². The van der Waals surface area contributed by atoms with E-state index in [4.69, 9.17) is 11.6 Å². The van der Waals surface area contributed by atoms with Crippen LogP contribution in [0.25, 0.3) is 0 Å². The van der Waals surface area contributed by atoms with Crippen LogP contribution in [0.2, 0.25) is 5.15 Å². The summed E-state index contributed by atoms with van der Waals surface area (Å²) in [4.78, 5) is 3.98. The standard InChI is InChI=1S/C12H17ClN2O2S/c13-12-9-11(7-8-14-12)18(16,17)15-10-5-3-1-2-4-6-10/h7-10,15H,1-6H2. The van der Waals surface area contributed by atoms with Crippen molar-refractivity contribution in [3.63, 3.8) is 0 Å². The van der Waals surface area contributed by atoms with E-state index in [9.17, 15) is 8.42 Å². The Morgan fingerprint density at radius 3 is 2.50 bits per heavy atom. The van der Waals surface area contributed by atoms with Gasteiger partial charge in [0.1, 0.15) is 5.15 Å². The van der Waals surface area contributed by atoms with E-state index in [0.29, 0.717) is 0 Å². The summed E-state index contributed by atoms with van der Waals surface area (Å²) in [6.45, 7) is 0. The van der Waals surface area contributed by atoms with Gasteiger partial charge in [-0.2, -0.15) is 0 Å². The van der Waals surface area contributed by atoms with Crippen molar-refractivity contribution in [3.05, 3.63) is 23.5 Å². The lowest BCUT2D eigenvalue weighted by atomic mass is 10.1. The zero-order chi connectivity index (χ0) is 13.0. The zero-order valence-electron chi connectivity index (χ0n) is 10.1. The molecule has 1 saturated carbocycles. The molecule has 0 bridgehead atoms. The number of pyridine rings is 1. The van der Waals surface area contributed by atoms with Gasteiger partial charge >= 0.3 is 0 Å². The van der Waals surface area contributed by atoms with Gasteiger partial charge in [0.25, 0.3) is 0 Å². The van der Waals surface area contributed by atoms with Crippen molar-refractivity contribution in [3.8, 4) is 0 Å². The molecule has 1 aliphatic rings. The Balaban J connectivity index is 2.11. The van der Waals surface area contributed by atoms with Crippen LogP contribution < -0.4 is 4.72 Å².